The van der Waals surface area contributed by atoms with Gasteiger partial charge in [-0.25, -0.2) is 0 Å². The van der Waals surface area contributed by atoms with Gasteiger partial charge in [0.05, 0.1) is 0 Å². The van der Waals surface area contributed by atoms with E-state index < -0.39 is 0 Å². The van der Waals surface area contributed by atoms with Gasteiger partial charge in [0.25, 0.3) is 0 Å². The molecule has 0 atom stereocenters. The molecule has 2 heteroatoms. The van der Waals surface area contributed by atoms with Crippen molar-refractivity contribution in [2.24, 2.45) is 5.92 Å². The molecule has 0 saturated carbocycles. The molecular weight excluding hydrogens is 210 g/mol. The van der Waals surface area contributed by atoms with Crippen LogP contribution in [-0.4, -0.2) is 5.91 Å². The highest BCUT2D eigenvalue weighted by Gasteiger charge is 2.10. The molecule has 1 amide bonds. The van der Waals surface area contributed by atoms with Crippen molar-refractivity contribution < 1.29 is 4.79 Å². The average molecular weight is 227 g/mol. The third-order valence-electron chi connectivity index (χ3n) is 2.90. The maximum atomic E-state index is 11.8. The summed E-state index contributed by atoms with van der Waals surface area (Å²) < 4.78 is 0. The summed E-state index contributed by atoms with van der Waals surface area (Å²) in [5, 5.41) is 5.27. The first-order valence-corrected chi connectivity index (χ1v) is 5.89. The molecule has 88 valence electrons. The number of carbonyl (C=O) groups is 1. The van der Waals surface area contributed by atoms with E-state index in [-0.39, 0.29) is 11.8 Å². The van der Waals surface area contributed by atoms with Crippen molar-refractivity contribution in [1.29, 1.82) is 0 Å². The number of rotatable bonds is 2. The molecule has 0 unspecified atom stereocenters. The van der Waals surface area contributed by atoms with Gasteiger partial charge >= 0.3 is 0 Å². The Balaban J connectivity index is 2.51. The molecule has 2 aromatic carbocycles. The molecule has 2 nitrogen and oxygen atoms in total. The lowest BCUT2D eigenvalue weighted by molar-refractivity contribution is -0.118. The third kappa shape index (κ3) is 2.31. The Morgan fingerprint density at radius 3 is 2.41 bits per heavy atom. The van der Waals surface area contributed by atoms with Crippen molar-refractivity contribution in [3.8, 4) is 0 Å². The molecule has 0 aliphatic rings. The van der Waals surface area contributed by atoms with Crippen LogP contribution in [0, 0.1) is 12.8 Å². The second-order valence-electron chi connectivity index (χ2n) is 4.62. The van der Waals surface area contributed by atoms with E-state index in [2.05, 4.69) is 30.4 Å². The van der Waals surface area contributed by atoms with Gasteiger partial charge in [0.1, 0.15) is 0 Å². The Kier molecular flexibility index (Phi) is 3.14. The van der Waals surface area contributed by atoms with Gasteiger partial charge in [-0.2, -0.15) is 0 Å². The standard InChI is InChI=1S/C15H17NO/c1-10(2)15(17)16-13-9-5-8-12-7-4-6-11(3)14(12)13/h4-10H,1-3H3,(H,16,17). The normalized spacial score (nSPS) is 10.8. The largest absolute Gasteiger partial charge is 0.325 e. The Bertz CT molecular complexity index is 553. The fraction of sp³-hybridized carbons (Fsp3) is 0.267. The van der Waals surface area contributed by atoms with Crippen LogP contribution < -0.4 is 5.32 Å². The van der Waals surface area contributed by atoms with Crippen LogP contribution in [0.4, 0.5) is 5.69 Å². The summed E-state index contributed by atoms with van der Waals surface area (Å²) >= 11 is 0. The SMILES string of the molecule is Cc1cccc2cccc(NC(=O)C(C)C)c12. The summed E-state index contributed by atoms with van der Waals surface area (Å²) in [5.74, 6) is 0.0510. The van der Waals surface area contributed by atoms with Gasteiger partial charge in [0.15, 0.2) is 0 Å². The zero-order valence-electron chi connectivity index (χ0n) is 10.4. The van der Waals surface area contributed by atoms with Gasteiger partial charge < -0.3 is 5.32 Å². The molecular formula is C15H17NO. The zero-order valence-corrected chi connectivity index (χ0v) is 10.4. The molecule has 0 saturated heterocycles. The van der Waals surface area contributed by atoms with Gasteiger partial charge in [-0.05, 0) is 23.9 Å². The number of amides is 1. The van der Waals surface area contributed by atoms with Crippen LogP contribution in [0.15, 0.2) is 36.4 Å². The summed E-state index contributed by atoms with van der Waals surface area (Å²) in [7, 11) is 0. The van der Waals surface area contributed by atoms with E-state index in [1.54, 1.807) is 0 Å². The van der Waals surface area contributed by atoms with Crippen molar-refractivity contribution >= 4 is 22.4 Å². The number of aryl methyl sites for hydroxylation is 1. The molecule has 0 bridgehead atoms. The average Bonchev–Trinajstić information content (AvgIpc) is 2.29. The molecule has 1 N–H and O–H groups in total. The Morgan fingerprint density at radius 2 is 1.76 bits per heavy atom. The molecule has 2 aromatic rings. The summed E-state index contributed by atoms with van der Waals surface area (Å²) in [6.07, 6.45) is 0. The minimum atomic E-state index is -0.00530. The first-order chi connectivity index (χ1) is 8.09. The van der Waals surface area contributed by atoms with Crippen LogP contribution in [0.3, 0.4) is 0 Å². The topological polar surface area (TPSA) is 29.1 Å². The summed E-state index contributed by atoms with van der Waals surface area (Å²) in [6.45, 7) is 5.86. The minimum Gasteiger partial charge on any atom is -0.325 e. The summed E-state index contributed by atoms with van der Waals surface area (Å²) in [6, 6.07) is 12.1. The summed E-state index contributed by atoms with van der Waals surface area (Å²) in [5.41, 5.74) is 2.08. The van der Waals surface area contributed by atoms with Gasteiger partial charge in [-0.3, -0.25) is 4.79 Å². The monoisotopic (exact) mass is 227 g/mol. The van der Waals surface area contributed by atoms with Crippen LogP contribution in [0.25, 0.3) is 10.8 Å². The van der Waals surface area contributed by atoms with Crippen LogP contribution in [0.1, 0.15) is 19.4 Å². The number of carbonyl (C=O) groups excluding carboxylic acids is 1. The van der Waals surface area contributed by atoms with Crippen molar-refractivity contribution in [1.82, 2.24) is 0 Å². The van der Waals surface area contributed by atoms with Crippen molar-refractivity contribution in [3.63, 3.8) is 0 Å². The predicted octanol–water partition coefficient (Wildman–Crippen LogP) is 3.74. The summed E-state index contributed by atoms with van der Waals surface area (Å²) in [4.78, 5) is 11.8. The number of hydrogen-bond donors (Lipinski definition) is 1. The zero-order chi connectivity index (χ0) is 12.4. The van der Waals surface area contributed by atoms with Gasteiger partial charge in [-0.15, -0.1) is 0 Å². The first-order valence-electron chi connectivity index (χ1n) is 5.89. The molecule has 0 aliphatic heterocycles. The second kappa shape index (κ2) is 4.58. The van der Waals surface area contributed by atoms with Crippen molar-refractivity contribution in [2.75, 3.05) is 5.32 Å². The van der Waals surface area contributed by atoms with E-state index in [4.69, 9.17) is 0 Å². The fourth-order valence-electron chi connectivity index (χ4n) is 1.91. The molecule has 0 fully saturated rings. The Morgan fingerprint density at radius 1 is 1.12 bits per heavy atom. The molecule has 0 aromatic heterocycles. The van der Waals surface area contributed by atoms with Gasteiger partial charge in [0.2, 0.25) is 5.91 Å². The Labute approximate surface area is 102 Å². The predicted molar refractivity (Wildman–Crippen MR) is 72.2 cm³/mol. The smallest absolute Gasteiger partial charge is 0.226 e. The highest BCUT2D eigenvalue weighted by atomic mass is 16.1. The lowest BCUT2D eigenvalue weighted by atomic mass is 10.0. The number of fused-ring (bicyclic) bond motifs is 1. The van der Waals surface area contributed by atoms with E-state index in [9.17, 15) is 4.79 Å². The lowest BCUT2D eigenvalue weighted by Crippen LogP contribution is -2.17. The van der Waals surface area contributed by atoms with E-state index >= 15 is 0 Å². The van der Waals surface area contributed by atoms with Crippen LogP contribution >= 0.6 is 0 Å². The van der Waals surface area contributed by atoms with Gasteiger partial charge in [0, 0.05) is 17.0 Å². The van der Waals surface area contributed by atoms with E-state index in [1.165, 1.54) is 5.56 Å². The number of anilines is 1. The van der Waals surface area contributed by atoms with Crippen molar-refractivity contribution in [3.05, 3.63) is 42.0 Å². The van der Waals surface area contributed by atoms with E-state index in [1.807, 2.05) is 32.0 Å². The maximum Gasteiger partial charge on any atom is 0.226 e. The maximum absolute atomic E-state index is 11.8. The number of hydrogen-bond acceptors (Lipinski definition) is 1. The molecule has 2 rings (SSSR count). The third-order valence-corrected chi connectivity index (χ3v) is 2.90. The Hall–Kier alpha value is -1.83. The first kappa shape index (κ1) is 11.6. The van der Waals surface area contributed by atoms with Crippen LogP contribution in [-0.2, 0) is 4.79 Å². The van der Waals surface area contributed by atoms with E-state index in [0.29, 0.717) is 0 Å². The number of nitrogens with one attached hydrogen (secondary N) is 1. The minimum absolute atomic E-state index is 0.00530. The highest BCUT2D eigenvalue weighted by molar-refractivity contribution is 6.03. The fourth-order valence-corrected chi connectivity index (χ4v) is 1.91. The lowest BCUT2D eigenvalue weighted by Gasteiger charge is -2.12. The molecule has 0 spiro atoms. The number of benzene rings is 2. The second-order valence-corrected chi connectivity index (χ2v) is 4.62. The highest BCUT2D eigenvalue weighted by Crippen LogP contribution is 2.26. The van der Waals surface area contributed by atoms with Crippen LogP contribution in [0.5, 0.6) is 0 Å². The van der Waals surface area contributed by atoms with Gasteiger partial charge in [-0.1, -0.05) is 44.2 Å². The van der Waals surface area contributed by atoms with E-state index in [0.717, 1.165) is 16.5 Å². The van der Waals surface area contributed by atoms with Crippen molar-refractivity contribution in [2.45, 2.75) is 20.8 Å². The quantitative estimate of drug-likeness (QED) is 0.831. The molecule has 17 heavy (non-hydrogen) atoms. The molecule has 0 radical (unpaired) electrons. The van der Waals surface area contributed by atoms with Crippen LogP contribution in [0.2, 0.25) is 0 Å². The molecule has 0 aliphatic carbocycles. The molecule has 0 heterocycles.